The van der Waals surface area contributed by atoms with Gasteiger partial charge < -0.3 is 5.11 Å². The van der Waals surface area contributed by atoms with Crippen molar-refractivity contribution in [2.45, 2.75) is 70.7 Å². The summed E-state index contributed by atoms with van der Waals surface area (Å²) in [5.74, 6) is 10.6. The van der Waals surface area contributed by atoms with E-state index in [-0.39, 0.29) is 5.92 Å². The van der Waals surface area contributed by atoms with Crippen LogP contribution in [-0.4, -0.2) is 27.1 Å². The Labute approximate surface area is 170 Å². The third-order valence-corrected chi connectivity index (χ3v) is 7.54. The zero-order valence-electron chi connectivity index (χ0n) is 17.0. The van der Waals surface area contributed by atoms with Crippen molar-refractivity contribution in [3.05, 3.63) is 35.9 Å². The molecule has 2 unspecified atom stereocenters. The molecule has 0 heterocycles. The lowest BCUT2D eigenvalue weighted by atomic mass is 9.85. The first-order valence-electron chi connectivity index (χ1n) is 10.0. The van der Waals surface area contributed by atoms with Crippen molar-refractivity contribution in [2.75, 3.05) is 17.3 Å². The van der Waals surface area contributed by atoms with Gasteiger partial charge in [-0.1, -0.05) is 76.8 Å². The Morgan fingerprint density at radius 1 is 1.00 bits per heavy atom. The minimum atomic E-state index is -0.566. The van der Waals surface area contributed by atoms with Crippen LogP contribution >= 0.6 is 23.5 Å². The highest BCUT2D eigenvalue weighted by Gasteiger charge is 2.40. The summed E-state index contributed by atoms with van der Waals surface area (Å²) in [5.41, 5.74) is 0.970. The van der Waals surface area contributed by atoms with Crippen LogP contribution in [0.15, 0.2) is 30.3 Å². The van der Waals surface area contributed by atoms with Crippen LogP contribution in [-0.2, 0) is 0 Å². The van der Waals surface area contributed by atoms with Crippen molar-refractivity contribution >= 4 is 23.5 Å². The highest BCUT2D eigenvalue weighted by atomic mass is 32.2. The molecule has 1 aromatic carbocycles. The maximum atomic E-state index is 11.3. The van der Waals surface area contributed by atoms with Crippen LogP contribution < -0.4 is 0 Å². The van der Waals surface area contributed by atoms with E-state index in [4.69, 9.17) is 0 Å². The van der Waals surface area contributed by atoms with Crippen molar-refractivity contribution in [3.63, 3.8) is 0 Å². The number of aliphatic hydroxyl groups is 1. The molecule has 0 aromatic heterocycles. The second-order valence-corrected chi connectivity index (χ2v) is 9.58. The maximum Gasteiger partial charge on any atom is 0.109 e. The molecule has 1 nitrogen and oxygen atoms in total. The Morgan fingerprint density at radius 3 is 2.31 bits per heavy atom. The molecule has 0 amide bonds. The smallest absolute Gasteiger partial charge is 0.109 e. The summed E-state index contributed by atoms with van der Waals surface area (Å²) in [6.45, 7) is 8.81. The third-order valence-electron chi connectivity index (χ3n) is 4.53. The normalized spacial score (nSPS) is 14.5. The molecule has 0 saturated carbocycles. The van der Waals surface area contributed by atoms with E-state index in [0.717, 1.165) is 36.3 Å². The number of benzene rings is 1. The summed E-state index contributed by atoms with van der Waals surface area (Å²) in [7, 11) is 0. The van der Waals surface area contributed by atoms with Gasteiger partial charge in [-0.25, -0.2) is 0 Å². The van der Waals surface area contributed by atoms with Gasteiger partial charge in [0.25, 0.3) is 0 Å². The van der Waals surface area contributed by atoms with Crippen LogP contribution in [0.3, 0.4) is 0 Å². The number of thioether (sulfide) groups is 2. The molecule has 1 N–H and O–H groups in total. The third kappa shape index (κ3) is 7.59. The fraction of sp³-hybridized carbons (Fsp3) is 0.652. The van der Waals surface area contributed by atoms with E-state index in [1.165, 1.54) is 18.6 Å². The molecule has 26 heavy (non-hydrogen) atoms. The minimum Gasteiger partial charge on any atom is -0.386 e. The molecule has 1 rings (SSSR count). The zero-order chi connectivity index (χ0) is 19.3. The molecule has 3 heteroatoms. The van der Waals surface area contributed by atoms with Gasteiger partial charge in [-0.2, -0.15) is 11.8 Å². The first kappa shape index (κ1) is 23.5. The molecule has 0 radical (unpaired) electrons. The molecule has 0 fully saturated rings. The second-order valence-electron chi connectivity index (χ2n) is 6.98. The lowest BCUT2D eigenvalue weighted by Gasteiger charge is -2.37. The topological polar surface area (TPSA) is 20.2 Å². The molecule has 0 aliphatic rings. The maximum absolute atomic E-state index is 11.3. The number of hydrogen-bond acceptors (Lipinski definition) is 3. The molecule has 0 saturated heterocycles. The van der Waals surface area contributed by atoms with Gasteiger partial charge in [-0.15, -0.1) is 17.7 Å². The Kier molecular flexibility index (Phi) is 12.3. The molecule has 1 aromatic rings. The quantitative estimate of drug-likeness (QED) is 0.321. The SMILES string of the molecule is CCCCC#CC(SCCSCCCC)(C(C)C)C(O)c1ccccc1. The standard InChI is InChI=1S/C23H36OS2/c1-5-7-9-13-16-23(20(3)4,26-19-18-25-17-8-6-2)22(24)21-14-11-10-12-15-21/h10-12,14-15,20,22,24H,5-9,17-19H2,1-4H3. The first-order chi connectivity index (χ1) is 12.6. The summed E-state index contributed by atoms with van der Waals surface area (Å²) < 4.78 is -0.444. The van der Waals surface area contributed by atoms with Gasteiger partial charge >= 0.3 is 0 Å². The Hall–Kier alpha value is -0.560. The predicted octanol–water partition coefficient (Wildman–Crippen LogP) is 6.57. The van der Waals surface area contributed by atoms with Gasteiger partial charge in [0.05, 0.1) is 0 Å². The van der Waals surface area contributed by atoms with Crippen LogP contribution in [0.4, 0.5) is 0 Å². The molecular formula is C23H36OS2. The van der Waals surface area contributed by atoms with Crippen LogP contribution in [0.25, 0.3) is 0 Å². The summed E-state index contributed by atoms with van der Waals surface area (Å²) in [6, 6.07) is 10.0. The lowest BCUT2D eigenvalue weighted by Crippen LogP contribution is -2.38. The fourth-order valence-corrected chi connectivity index (χ4v) is 5.39. The van der Waals surface area contributed by atoms with Gasteiger partial charge in [0.1, 0.15) is 10.9 Å². The molecule has 0 spiro atoms. The van der Waals surface area contributed by atoms with Gasteiger partial charge in [-0.05, 0) is 30.1 Å². The van der Waals surface area contributed by atoms with Crippen LogP contribution in [0.5, 0.6) is 0 Å². The summed E-state index contributed by atoms with van der Waals surface area (Å²) in [4.78, 5) is 0. The van der Waals surface area contributed by atoms with E-state index in [0.29, 0.717) is 0 Å². The van der Waals surface area contributed by atoms with Gasteiger partial charge in [0.2, 0.25) is 0 Å². The van der Waals surface area contributed by atoms with Crippen molar-refractivity contribution in [1.29, 1.82) is 0 Å². The predicted molar refractivity (Wildman–Crippen MR) is 121 cm³/mol. The molecular weight excluding hydrogens is 356 g/mol. The highest BCUT2D eigenvalue weighted by Crippen LogP contribution is 2.43. The summed E-state index contributed by atoms with van der Waals surface area (Å²) >= 11 is 3.87. The Bertz CT molecular complexity index is 532. The molecule has 0 bridgehead atoms. The van der Waals surface area contributed by atoms with Crippen LogP contribution in [0.1, 0.15) is 71.5 Å². The number of rotatable bonds is 12. The zero-order valence-corrected chi connectivity index (χ0v) is 18.6. The molecule has 2 atom stereocenters. The first-order valence-corrected chi connectivity index (χ1v) is 12.2. The number of aliphatic hydroxyl groups excluding tert-OH is 1. The van der Waals surface area contributed by atoms with Gasteiger partial charge in [0, 0.05) is 17.9 Å². The number of hydrogen-bond donors (Lipinski definition) is 1. The average Bonchev–Trinajstić information content (AvgIpc) is 2.66. The summed E-state index contributed by atoms with van der Waals surface area (Å²) in [5, 5.41) is 11.3. The molecule has 0 aliphatic carbocycles. The minimum absolute atomic E-state index is 0.275. The van der Waals surface area contributed by atoms with E-state index in [1.807, 2.05) is 53.9 Å². The van der Waals surface area contributed by atoms with Crippen molar-refractivity contribution < 1.29 is 5.11 Å². The van der Waals surface area contributed by atoms with E-state index < -0.39 is 10.9 Å². The van der Waals surface area contributed by atoms with Crippen molar-refractivity contribution in [3.8, 4) is 11.8 Å². The van der Waals surface area contributed by atoms with E-state index in [9.17, 15) is 5.11 Å². The van der Waals surface area contributed by atoms with Crippen LogP contribution in [0, 0.1) is 17.8 Å². The monoisotopic (exact) mass is 392 g/mol. The van der Waals surface area contributed by atoms with Gasteiger partial charge in [-0.3, -0.25) is 0 Å². The summed E-state index contributed by atoms with van der Waals surface area (Å²) in [6.07, 6.45) is 5.17. The Balaban J connectivity index is 2.93. The second kappa shape index (κ2) is 13.6. The van der Waals surface area contributed by atoms with Crippen molar-refractivity contribution in [1.82, 2.24) is 0 Å². The van der Waals surface area contributed by atoms with E-state index in [1.54, 1.807) is 0 Å². The largest absolute Gasteiger partial charge is 0.386 e. The van der Waals surface area contributed by atoms with Gasteiger partial charge in [0.15, 0.2) is 0 Å². The average molecular weight is 393 g/mol. The van der Waals surface area contributed by atoms with Crippen LogP contribution in [0.2, 0.25) is 0 Å². The van der Waals surface area contributed by atoms with Crippen molar-refractivity contribution in [2.24, 2.45) is 5.92 Å². The molecule has 0 aliphatic heterocycles. The lowest BCUT2D eigenvalue weighted by molar-refractivity contribution is 0.132. The fourth-order valence-electron chi connectivity index (χ4n) is 2.78. The van der Waals surface area contributed by atoms with E-state index in [2.05, 4.69) is 39.5 Å². The van der Waals surface area contributed by atoms with E-state index >= 15 is 0 Å². The number of unbranched alkanes of at least 4 members (excludes halogenated alkanes) is 3. The Morgan fingerprint density at radius 2 is 1.69 bits per heavy atom. The highest BCUT2D eigenvalue weighted by molar-refractivity contribution is 8.03. The molecule has 146 valence electrons.